The van der Waals surface area contributed by atoms with Gasteiger partial charge in [-0.1, -0.05) is 30.4 Å². The standard InChI is InChI=1S/C14H18/c1-2-3-7-12-9-6-10-13-8-4-5-11-14(12)13/h2,5-6,10-12H,1,3-4,7-9H2. The monoisotopic (exact) mass is 186 g/mol. The predicted octanol–water partition coefficient (Wildman–Crippen LogP) is 4.18. The summed E-state index contributed by atoms with van der Waals surface area (Å²) in [7, 11) is 0. The van der Waals surface area contributed by atoms with E-state index < -0.39 is 0 Å². The van der Waals surface area contributed by atoms with Gasteiger partial charge in [-0.2, -0.15) is 0 Å². The van der Waals surface area contributed by atoms with Crippen molar-refractivity contribution in [1.82, 2.24) is 0 Å². The molecule has 2 rings (SSSR count). The number of hydrogen-bond donors (Lipinski definition) is 0. The van der Waals surface area contributed by atoms with Gasteiger partial charge < -0.3 is 0 Å². The minimum Gasteiger partial charge on any atom is -0.103 e. The molecule has 0 heteroatoms. The lowest BCUT2D eigenvalue weighted by molar-refractivity contribution is 0.568. The molecule has 0 aromatic rings. The van der Waals surface area contributed by atoms with Gasteiger partial charge in [0.1, 0.15) is 0 Å². The maximum Gasteiger partial charge on any atom is -0.0122 e. The lowest BCUT2D eigenvalue weighted by Crippen LogP contribution is -2.09. The van der Waals surface area contributed by atoms with E-state index in [-0.39, 0.29) is 0 Å². The zero-order valence-electron chi connectivity index (χ0n) is 8.71. The van der Waals surface area contributed by atoms with Gasteiger partial charge in [-0.05, 0) is 49.2 Å². The summed E-state index contributed by atoms with van der Waals surface area (Å²) < 4.78 is 0. The molecule has 0 heterocycles. The average molecular weight is 186 g/mol. The maximum atomic E-state index is 3.80. The van der Waals surface area contributed by atoms with Crippen molar-refractivity contribution >= 4 is 0 Å². The van der Waals surface area contributed by atoms with E-state index in [1.165, 1.54) is 25.7 Å². The molecule has 0 bridgehead atoms. The van der Waals surface area contributed by atoms with Crippen LogP contribution in [0.5, 0.6) is 0 Å². The van der Waals surface area contributed by atoms with Crippen molar-refractivity contribution in [2.75, 3.05) is 0 Å². The predicted molar refractivity (Wildman–Crippen MR) is 62.1 cm³/mol. The molecule has 2 aliphatic rings. The Kier molecular flexibility index (Phi) is 3.03. The van der Waals surface area contributed by atoms with Crippen LogP contribution in [0.25, 0.3) is 0 Å². The van der Waals surface area contributed by atoms with Crippen molar-refractivity contribution < 1.29 is 0 Å². The second kappa shape index (κ2) is 4.45. The summed E-state index contributed by atoms with van der Waals surface area (Å²) in [6.45, 7) is 3.80. The lowest BCUT2D eigenvalue weighted by Gasteiger charge is -2.25. The van der Waals surface area contributed by atoms with Crippen molar-refractivity contribution in [3.8, 4) is 0 Å². The molecule has 14 heavy (non-hydrogen) atoms. The van der Waals surface area contributed by atoms with E-state index in [0.29, 0.717) is 0 Å². The van der Waals surface area contributed by atoms with Crippen LogP contribution >= 0.6 is 0 Å². The quantitative estimate of drug-likeness (QED) is 0.580. The van der Waals surface area contributed by atoms with E-state index >= 15 is 0 Å². The molecule has 0 N–H and O–H groups in total. The Morgan fingerprint density at radius 2 is 2.29 bits per heavy atom. The van der Waals surface area contributed by atoms with Crippen LogP contribution in [0.4, 0.5) is 0 Å². The minimum absolute atomic E-state index is 0.754. The van der Waals surface area contributed by atoms with Gasteiger partial charge in [0.25, 0.3) is 0 Å². The largest absolute Gasteiger partial charge is 0.103 e. The zero-order valence-corrected chi connectivity index (χ0v) is 8.71. The lowest BCUT2D eigenvalue weighted by atomic mass is 9.80. The van der Waals surface area contributed by atoms with Crippen LogP contribution in [0.3, 0.4) is 0 Å². The second-order valence-electron chi connectivity index (χ2n) is 4.12. The van der Waals surface area contributed by atoms with Crippen LogP contribution in [0.15, 0.2) is 48.1 Å². The van der Waals surface area contributed by atoms with E-state index in [1.807, 2.05) is 6.08 Å². The minimum atomic E-state index is 0.754. The fourth-order valence-corrected chi connectivity index (χ4v) is 2.37. The van der Waals surface area contributed by atoms with Gasteiger partial charge in [0.05, 0.1) is 0 Å². The van der Waals surface area contributed by atoms with Gasteiger partial charge >= 0.3 is 0 Å². The molecule has 0 amide bonds. The Balaban J connectivity index is 2.12. The smallest absolute Gasteiger partial charge is 0.0122 e. The average Bonchev–Trinajstić information content (AvgIpc) is 2.26. The fourth-order valence-electron chi connectivity index (χ4n) is 2.37. The van der Waals surface area contributed by atoms with Crippen molar-refractivity contribution in [3.63, 3.8) is 0 Å². The SMILES string of the molecule is C=CCCC1CC=CC2=C1C=CCC2. The maximum absolute atomic E-state index is 3.80. The Bertz CT molecular complexity index is 302. The molecule has 0 saturated heterocycles. The van der Waals surface area contributed by atoms with Crippen LogP contribution in [-0.2, 0) is 0 Å². The molecule has 2 aliphatic carbocycles. The third kappa shape index (κ3) is 1.89. The van der Waals surface area contributed by atoms with E-state index in [0.717, 1.165) is 12.3 Å². The molecule has 0 radical (unpaired) electrons. The zero-order chi connectivity index (χ0) is 9.80. The normalized spacial score (nSPS) is 25.0. The molecular formula is C14H18. The fraction of sp³-hybridized carbons (Fsp3) is 0.429. The van der Waals surface area contributed by atoms with Crippen molar-refractivity contribution in [2.24, 2.45) is 5.92 Å². The molecule has 0 saturated carbocycles. The van der Waals surface area contributed by atoms with Crippen LogP contribution in [0.2, 0.25) is 0 Å². The number of allylic oxidation sites excluding steroid dienone is 7. The van der Waals surface area contributed by atoms with Crippen molar-refractivity contribution in [1.29, 1.82) is 0 Å². The summed E-state index contributed by atoms with van der Waals surface area (Å²) in [5, 5.41) is 0. The highest BCUT2D eigenvalue weighted by molar-refractivity contribution is 5.40. The summed E-state index contributed by atoms with van der Waals surface area (Å²) in [5.74, 6) is 0.754. The van der Waals surface area contributed by atoms with E-state index in [4.69, 9.17) is 0 Å². The second-order valence-corrected chi connectivity index (χ2v) is 4.12. The molecule has 1 atom stereocenters. The first-order chi connectivity index (χ1) is 6.92. The topological polar surface area (TPSA) is 0 Å². The summed E-state index contributed by atoms with van der Waals surface area (Å²) >= 11 is 0. The van der Waals surface area contributed by atoms with Gasteiger partial charge in [0.2, 0.25) is 0 Å². The molecule has 74 valence electrons. The van der Waals surface area contributed by atoms with Crippen LogP contribution in [-0.4, -0.2) is 0 Å². The van der Waals surface area contributed by atoms with Crippen molar-refractivity contribution in [2.45, 2.75) is 32.1 Å². The molecule has 1 unspecified atom stereocenters. The van der Waals surface area contributed by atoms with Crippen LogP contribution < -0.4 is 0 Å². The molecule has 0 aromatic heterocycles. The van der Waals surface area contributed by atoms with Gasteiger partial charge in [0.15, 0.2) is 0 Å². The number of rotatable bonds is 3. The molecule has 0 aromatic carbocycles. The molecule has 0 nitrogen and oxygen atoms in total. The third-order valence-corrected chi connectivity index (χ3v) is 3.15. The first-order valence-corrected chi connectivity index (χ1v) is 5.59. The Labute approximate surface area is 86.7 Å². The highest BCUT2D eigenvalue weighted by Gasteiger charge is 2.18. The summed E-state index contributed by atoms with van der Waals surface area (Å²) in [5.41, 5.74) is 3.17. The Morgan fingerprint density at radius 3 is 3.14 bits per heavy atom. The first-order valence-electron chi connectivity index (χ1n) is 5.59. The summed E-state index contributed by atoms with van der Waals surface area (Å²) in [6, 6.07) is 0. The Hall–Kier alpha value is -1.04. The first kappa shape index (κ1) is 9.51. The summed E-state index contributed by atoms with van der Waals surface area (Å²) in [6.07, 6.45) is 17.4. The van der Waals surface area contributed by atoms with Gasteiger partial charge in [-0.3, -0.25) is 0 Å². The molecular weight excluding hydrogens is 168 g/mol. The van der Waals surface area contributed by atoms with Crippen LogP contribution in [0.1, 0.15) is 32.1 Å². The van der Waals surface area contributed by atoms with E-state index in [2.05, 4.69) is 30.9 Å². The molecule has 0 aliphatic heterocycles. The third-order valence-electron chi connectivity index (χ3n) is 3.15. The van der Waals surface area contributed by atoms with E-state index in [9.17, 15) is 0 Å². The highest BCUT2D eigenvalue weighted by Crippen LogP contribution is 2.34. The highest BCUT2D eigenvalue weighted by atomic mass is 14.2. The molecule has 0 fully saturated rings. The van der Waals surface area contributed by atoms with Crippen LogP contribution in [0, 0.1) is 5.92 Å². The van der Waals surface area contributed by atoms with Crippen molar-refractivity contribution in [3.05, 3.63) is 48.1 Å². The summed E-state index contributed by atoms with van der Waals surface area (Å²) in [4.78, 5) is 0. The Morgan fingerprint density at radius 1 is 1.36 bits per heavy atom. The molecule has 0 spiro atoms. The number of hydrogen-bond acceptors (Lipinski definition) is 0. The van der Waals surface area contributed by atoms with Gasteiger partial charge in [-0.15, -0.1) is 6.58 Å². The van der Waals surface area contributed by atoms with Gasteiger partial charge in [0, 0.05) is 0 Å². The van der Waals surface area contributed by atoms with Gasteiger partial charge in [-0.25, -0.2) is 0 Å². The van der Waals surface area contributed by atoms with E-state index in [1.54, 1.807) is 11.1 Å².